The quantitative estimate of drug-likeness (QED) is 0.887. The molecule has 2 amide bonds. The molecule has 1 aromatic carbocycles. The molecule has 110 valence electrons. The van der Waals surface area contributed by atoms with Crippen molar-refractivity contribution in [2.45, 2.75) is 58.2 Å². The molecule has 3 unspecified atom stereocenters. The van der Waals surface area contributed by atoms with Crippen molar-refractivity contribution in [2.75, 3.05) is 5.32 Å². The molecule has 0 aromatic heterocycles. The van der Waals surface area contributed by atoms with Crippen LogP contribution in [0.5, 0.6) is 0 Å². The zero-order valence-electron chi connectivity index (χ0n) is 12.5. The zero-order valence-corrected chi connectivity index (χ0v) is 12.5. The van der Waals surface area contributed by atoms with E-state index in [1.165, 1.54) is 0 Å². The normalized spacial score (nSPS) is 23.7. The van der Waals surface area contributed by atoms with Crippen molar-refractivity contribution in [1.29, 1.82) is 0 Å². The van der Waals surface area contributed by atoms with Crippen LogP contribution >= 0.6 is 0 Å². The van der Waals surface area contributed by atoms with E-state index in [9.17, 15) is 9.90 Å². The monoisotopic (exact) mass is 276 g/mol. The summed E-state index contributed by atoms with van der Waals surface area (Å²) in [7, 11) is 0. The van der Waals surface area contributed by atoms with Crippen LogP contribution in [-0.2, 0) is 0 Å². The molecule has 0 spiro atoms. The van der Waals surface area contributed by atoms with E-state index < -0.39 is 6.10 Å². The number of benzene rings is 1. The number of nitrogens with one attached hydrogen (secondary N) is 1. The number of amides is 2. The van der Waals surface area contributed by atoms with Gasteiger partial charge >= 0.3 is 6.03 Å². The molecule has 1 aromatic rings. The third kappa shape index (κ3) is 3.12. The highest BCUT2D eigenvalue weighted by Gasteiger charge is 2.33. The van der Waals surface area contributed by atoms with E-state index >= 15 is 0 Å². The number of carbonyl (C=O) groups is 1. The highest BCUT2D eigenvalue weighted by atomic mass is 16.3. The molecular weight excluding hydrogens is 252 g/mol. The van der Waals surface area contributed by atoms with Crippen molar-refractivity contribution in [2.24, 2.45) is 0 Å². The summed E-state index contributed by atoms with van der Waals surface area (Å²) in [6, 6.07) is 7.98. The van der Waals surface area contributed by atoms with E-state index in [1.807, 2.05) is 29.2 Å². The van der Waals surface area contributed by atoms with Crippen LogP contribution in [0.4, 0.5) is 10.5 Å². The van der Waals surface area contributed by atoms with Crippen LogP contribution in [0.25, 0.3) is 0 Å². The first-order chi connectivity index (χ1) is 9.52. The topological polar surface area (TPSA) is 52.6 Å². The lowest BCUT2D eigenvalue weighted by molar-refractivity contribution is 0.188. The van der Waals surface area contributed by atoms with E-state index in [0.29, 0.717) is 12.1 Å². The predicted octanol–water partition coefficient (Wildman–Crippen LogP) is 3.53. The van der Waals surface area contributed by atoms with Gasteiger partial charge in [-0.05, 0) is 50.8 Å². The lowest BCUT2D eigenvalue weighted by Gasteiger charge is -2.28. The molecule has 0 saturated carbocycles. The van der Waals surface area contributed by atoms with Gasteiger partial charge in [-0.15, -0.1) is 0 Å². The minimum Gasteiger partial charge on any atom is -0.389 e. The molecule has 1 fully saturated rings. The maximum atomic E-state index is 12.4. The van der Waals surface area contributed by atoms with Gasteiger partial charge in [-0.25, -0.2) is 4.79 Å². The van der Waals surface area contributed by atoms with E-state index in [-0.39, 0.29) is 6.03 Å². The first-order valence-electron chi connectivity index (χ1n) is 7.40. The fraction of sp³-hybridized carbons (Fsp3) is 0.562. The average molecular weight is 276 g/mol. The Morgan fingerprint density at radius 3 is 2.60 bits per heavy atom. The van der Waals surface area contributed by atoms with Gasteiger partial charge in [0, 0.05) is 17.8 Å². The fourth-order valence-corrected chi connectivity index (χ4v) is 2.87. The minimum absolute atomic E-state index is 0.0216. The standard InChI is InChI=1S/C16H24N2O2/c1-4-15-10-5-11(2)18(15)16(20)17-14-8-6-13(7-9-14)12(3)19/h6-9,11-12,15,19H,4-5,10H2,1-3H3,(H,17,20). The van der Waals surface area contributed by atoms with Crippen molar-refractivity contribution >= 4 is 11.7 Å². The molecule has 4 heteroatoms. The predicted molar refractivity (Wildman–Crippen MR) is 80.7 cm³/mol. The van der Waals surface area contributed by atoms with Crippen LogP contribution < -0.4 is 5.32 Å². The molecule has 1 aliphatic rings. The summed E-state index contributed by atoms with van der Waals surface area (Å²) < 4.78 is 0. The summed E-state index contributed by atoms with van der Waals surface area (Å²) in [6.45, 7) is 5.96. The summed E-state index contributed by atoms with van der Waals surface area (Å²) in [5, 5.41) is 12.4. The third-order valence-electron chi connectivity index (χ3n) is 4.14. The number of hydrogen-bond donors (Lipinski definition) is 2. The number of rotatable bonds is 3. The number of nitrogens with zero attached hydrogens (tertiary/aromatic N) is 1. The summed E-state index contributed by atoms with van der Waals surface area (Å²) >= 11 is 0. The van der Waals surface area contributed by atoms with Crippen molar-refractivity contribution in [1.82, 2.24) is 4.90 Å². The van der Waals surface area contributed by atoms with Gasteiger partial charge in [0.1, 0.15) is 0 Å². The van der Waals surface area contributed by atoms with Gasteiger partial charge in [0.2, 0.25) is 0 Å². The van der Waals surface area contributed by atoms with Gasteiger partial charge in [0.15, 0.2) is 0 Å². The van der Waals surface area contributed by atoms with Gasteiger partial charge in [0.05, 0.1) is 6.10 Å². The summed E-state index contributed by atoms with van der Waals surface area (Å²) in [6.07, 6.45) is 2.68. The minimum atomic E-state index is -0.483. The molecule has 1 aliphatic heterocycles. The number of hydrogen-bond acceptors (Lipinski definition) is 2. The fourth-order valence-electron chi connectivity index (χ4n) is 2.87. The van der Waals surface area contributed by atoms with Crippen LogP contribution in [0.15, 0.2) is 24.3 Å². The first kappa shape index (κ1) is 14.9. The van der Waals surface area contributed by atoms with Gasteiger partial charge in [-0.2, -0.15) is 0 Å². The van der Waals surface area contributed by atoms with Crippen molar-refractivity contribution in [3.63, 3.8) is 0 Å². The van der Waals surface area contributed by atoms with Crippen molar-refractivity contribution < 1.29 is 9.90 Å². The molecular formula is C16H24N2O2. The molecule has 2 rings (SSSR count). The molecule has 0 bridgehead atoms. The van der Waals surface area contributed by atoms with Crippen molar-refractivity contribution in [3.05, 3.63) is 29.8 Å². The lowest BCUT2D eigenvalue weighted by Crippen LogP contribution is -2.42. The summed E-state index contributed by atoms with van der Waals surface area (Å²) in [5.74, 6) is 0. The largest absolute Gasteiger partial charge is 0.389 e. The van der Waals surface area contributed by atoms with Crippen LogP contribution in [0.3, 0.4) is 0 Å². The SMILES string of the molecule is CCC1CCC(C)N1C(=O)Nc1ccc(C(C)O)cc1. The lowest BCUT2D eigenvalue weighted by atomic mass is 10.1. The number of carbonyl (C=O) groups excluding carboxylic acids is 1. The highest BCUT2D eigenvalue weighted by molar-refractivity contribution is 5.90. The second-order valence-corrected chi connectivity index (χ2v) is 5.62. The summed E-state index contributed by atoms with van der Waals surface area (Å²) in [4.78, 5) is 14.3. The molecule has 1 heterocycles. The van der Waals surface area contributed by atoms with Crippen molar-refractivity contribution in [3.8, 4) is 0 Å². The third-order valence-corrected chi connectivity index (χ3v) is 4.14. The Hall–Kier alpha value is -1.55. The number of urea groups is 1. The zero-order chi connectivity index (χ0) is 14.7. The van der Waals surface area contributed by atoms with Gasteiger partial charge in [-0.3, -0.25) is 0 Å². The number of anilines is 1. The highest BCUT2D eigenvalue weighted by Crippen LogP contribution is 2.27. The molecule has 4 nitrogen and oxygen atoms in total. The van der Waals surface area contributed by atoms with Crippen LogP contribution in [0, 0.1) is 0 Å². The van der Waals surface area contributed by atoms with E-state index in [2.05, 4.69) is 19.2 Å². The average Bonchev–Trinajstić information content (AvgIpc) is 2.80. The maximum Gasteiger partial charge on any atom is 0.322 e. The van der Waals surface area contributed by atoms with Gasteiger partial charge in [-0.1, -0.05) is 19.1 Å². The van der Waals surface area contributed by atoms with Crippen LogP contribution in [0.2, 0.25) is 0 Å². The first-order valence-corrected chi connectivity index (χ1v) is 7.40. The Bertz CT molecular complexity index is 456. The molecule has 2 N–H and O–H groups in total. The van der Waals surface area contributed by atoms with Crippen LogP contribution in [-0.4, -0.2) is 28.1 Å². The van der Waals surface area contributed by atoms with Gasteiger partial charge < -0.3 is 15.3 Å². The molecule has 0 aliphatic carbocycles. The Labute approximate surface area is 120 Å². The molecule has 0 radical (unpaired) electrons. The Morgan fingerprint density at radius 2 is 2.05 bits per heavy atom. The molecule has 3 atom stereocenters. The molecule has 1 saturated heterocycles. The van der Waals surface area contributed by atoms with E-state index in [1.54, 1.807) is 6.92 Å². The second kappa shape index (κ2) is 6.27. The Balaban J connectivity index is 2.03. The van der Waals surface area contributed by atoms with Crippen LogP contribution in [0.1, 0.15) is 51.7 Å². The number of aliphatic hydroxyl groups excluding tert-OH is 1. The molecule has 20 heavy (non-hydrogen) atoms. The number of aliphatic hydroxyl groups is 1. The van der Waals surface area contributed by atoms with Gasteiger partial charge in [0.25, 0.3) is 0 Å². The van der Waals surface area contributed by atoms with E-state index in [0.717, 1.165) is 30.5 Å². The second-order valence-electron chi connectivity index (χ2n) is 5.62. The Kier molecular flexibility index (Phi) is 4.65. The van der Waals surface area contributed by atoms with E-state index in [4.69, 9.17) is 0 Å². The number of likely N-dealkylation sites (tertiary alicyclic amines) is 1. The summed E-state index contributed by atoms with van der Waals surface area (Å²) in [5.41, 5.74) is 1.62. The maximum absolute atomic E-state index is 12.4. The smallest absolute Gasteiger partial charge is 0.322 e. The Morgan fingerprint density at radius 1 is 1.40 bits per heavy atom.